The molecule has 0 spiro atoms. The van der Waals surface area contributed by atoms with Crippen LogP contribution in [0.4, 0.5) is 11.4 Å². The zero-order valence-electron chi connectivity index (χ0n) is 9.95. The SMILES string of the molecule is Nc1ccccc1N(CC(=O)O)C(=O)c1ccoc1. The third kappa shape index (κ3) is 2.74. The minimum atomic E-state index is -1.12. The van der Waals surface area contributed by atoms with Gasteiger partial charge >= 0.3 is 5.97 Å². The summed E-state index contributed by atoms with van der Waals surface area (Å²) < 4.78 is 4.83. The fourth-order valence-corrected chi connectivity index (χ4v) is 1.68. The molecule has 3 N–H and O–H groups in total. The largest absolute Gasteiger partial charge is 0.480 e. The number of amides is 1. The molecule has 1 amide bonds. The molecule has 0 bridgehead atoms. The molecule has 0 radical (unpaired) electrons. The highest BCUT2D eigenvalue weighted by Crippen LogP contribution is 2.24. The Bertz CT molecular complexity index is 592. The van der Waals surface area contributed by atoms with Crippen molar-refractivity contribution < 1.29 is 19.1 Å². The van der Waals surface area contributed by atoms with Crippen LogP contribution in [-0.4, -0.2) is 23.5 Å². The molecular formula is C13H12N2O4. The van der Waals surface area contributed by atoms with Gasteiger partial charge in [-0.15, -0.1) is 0 Å². The molecule has 1 aromatic heterocycles. The van der Waals surface area contributed by atoms with Crippen LogP contribution in [-0.2, 0) is 4.79 Å². The molecule has 0 saturated heterocycles. The Morgan fingerprint density at radius 3 is 2.58 bits per heavy atom. The highest BCUT2D eigenvalue weighted by molar-refractivity contribution is 6.09. The van der Waals surface area contributed by atoms with Crippen LogP contribution < -0.4 is 10.6 Å². The number of furan rings is 1. The lowest BCUT2D eigenvalue weighted by Crippen LogP contribution is -2.36. The highest BCUT2D eigenvalue weighted by Gasteiger charge is 2.22. The van der Waals surface area contributed by atoms with Crippen molar-refractivity contribution in [3.63, 3.8) is 0 Å². The molecule has 2 rings (SSSR count). The monoisotopic (exact) mass is 260 g/mol. The first-order valence-corrected chi connectivity index (χ1v) is 5.50. The predicted octanol–water partition coefficient (Wildman–Crippen LogP) is 1.59. The summed E-state index contributed by atoms with van der Waals surface area (Å²) in [5, 5.41) is 8.92. The van der Waals surface area contributed by atoms with E-state index < -0.39 is 18.4 Å². The van der Waals surface area contributed by atoms with E-state index >= 15 is 0 Å². The lowest BCUT2D eigenvalue weighted by molar-refractivity contribution is -0.135. The van der Waals surface area contributed by atoms with Gasteiger partial charge in [0, 0.05) is 0 Å². The number of hydrogen-bond donors (Lipinski definition) is 2. The van der Waals surface area contributed by atoms with Crippen molar-refractivity contribution in [1.82, 2.24) is 0 Å². The van der Waals surface area contributed by atoms with E-state index in [0.717, 1.165) is 4.90 Å². The Hall–Kier alpha value is -2.76. The van der Waals surface area contributed by atoms with E-state index in [-0.39, 0.29) is 5.56 Å². The van der Waals surface area contributed by atoms with Crippen molar-refractivity contribution >= 4 is 23.3 Å². The molecule has 19 heavy (non-hydrogen) atoms. The Kier molecular flexibility index (Phi) is 3.51. The number of hydrogen-bond acceptors (Lipinski definition) is 4. The van der Waals surface area contributed by atoms with Gasteiger partial charge in [-0.3, -0.25) is 14.5 Å². The van der Waals surface area contributed by atoms with Crippen LogP contribution in [0.2, 0.25) is 0 Å². The van der Waals surface area contributed by atoms with E-state index in [4.69, 9.17) is 15.3 Å². The third-order valence-corrected chi connectivity index (χ3v) is 2.53. The minimum Gasteiger partial charge on any atom is -0.480 e. The van der Waals surface area contributed by atoms with Gasteiger partial charge in [-0.05, 0) is 18.2 Å². The molecule has 0 unspecified atom stereocenters. The highest BCUT2D eigenvalue weighted by atomic mass is 16.4. The fourth-order valence-electron chi connectivity index (χ4n) is 1.68. The van der Waals surface area contributed by atoms with Gasteiger partial charge in [0.05, 0.1) is 23.2 Å². The van der Waals surface area contributed by atoms with Crippen LogP contribution in [0.15, 0.2) is 47.3 Å². The number of carbonyl (C=O) groups excluding carboxylic acids is 1. The topological polar surface area (TPSA) is 96.8 Å². The normalized spacial score (nSPS) is 10.1. The summed E-state index contributed by atoms with van der Waals surface area (Å²) in [7, 11) is 0. The average molecular weight is 260 g/mol. The number of rotatable bonds is 4. The van der Waals surface area contributed by atoms with Gasteiger partial charge < -0.3 is 15.3 Å². The number of nitrogens with two attached hydrogens (primary N) is 1. The first kappa shape index (κ1) is 12.7. The lowest BCUT2D eigenvalue weighted by Gasteiger charge is -2.21. The number of nitrogens with zero attached hydrogens (tertiary/aromatic N) is 1. The van der Waals surface area contributed by atoms with Gasteiger partial charge in [-0.2, -0.15) is 0 Å². The maximum Gasteiger partial charge on any atom is 0.323 e. The van der Waals surface area contributed by atoms with Crippen LogP contribution in [0.3, 0.4) is 0 Å². The molecule has 1 heterocycles. The zero-order chi connectivity index (χ0) is 13.8. The molecule has 2 aromatic rings. The van der Waals surface area contributed by atoms with Gasteiger partial charge in [0.1, 0.15) is 12.8 Å². The van der Waals surface area contributed by atoms with Crippen molar-refractivity contribution in [3.8, 4) is 0 Å². The number of para-hydroxylation sites is 2. The number of anilines is 2. The predicted molar refractivity (Wildman–Crippen MR) is 68.9 cm³/mol. The van der Waals surface area contributed by atoms with Crippen molar-refractivity contribution in [1.29, 1.82) is 0 Å². The second-order valence-corrected chi connectivity index (χ2v) is 3.86. The average Bonchev–Trinajstić information content (AvgIpc) is 2.90. The number of benzene rings is 1. The summed E-state index contributed by atoms with van der Waals surface area (Å²) in [6, 6.07) is 8.06. The Balaban J connectivity index is 2.39. The Labute approximate surface area is 109 Å². The van der Waals surface area contributed by atoms with Crippen LogP contribution in [0.1, 0.15) is 10.4 Å². The first-order valence-electron chi connectivity index (χ1n) is 5.50. The van der Waals surface area contributed by atoms with E-state index in [1.54, 1.807) is 24.3 Å². The molecule has 98 valence electrons. The standard InChI is InChI=1S/C13H12N2O4/c14-10-3-1-2-4-11(10)15(7-12(16)17)13(18)9-5-6-19-8-9/h1-6,8H,7,14H2,(H,16,17). The van der Waals surface area contributed by atoms with Gasteiger partial charge in [0.15, 0.2) is 0 Å². The second-order valence-electron chi connectivity index (χ2n) is 3.86. The first-order chi connectivity index (χ1) is 9.09. The zero-order valence-corrected chi connectivity index (χ0v) is 9.95. The van der Waals surface area contributed by atoms with E-state index in [1.807, 2.05) is 0 Å². The maximum absolute atomic E-state index is 12.2. The minimum absolute atomic E-state index is 0.268. The lowest BCUT2D eigenvalue weighted by atomic mass is 10.2. The summed E-state index contributed by atoms with van der Waals surface area (Å²) in [5.74, 6) is -1.60. The number of carboxylic acids is 1. The summed E-state index contributed by atoms with van der Waals surface area (Å²) in [6.07, 6.45) is 2.61. The molecule has 6 nitrogen and oxygen atoms in total. The van der Waals surface area contributed by atoms with Gasteiger partial charge in [0.2, 0.25) is 0 Å². The van der Waals surface area contributed by atoms with Crippen molar-refractivity contribution in [2.45, 2.75) is 0 Å². The molecule has 0 atom stereocenters. The van der Waals surface area contributed by atoms with Crippen LogP contribution in [0.5, 0.6) is 0 Å². The molecule has 0 saturated carbocycles. The van der Waals surface area contributed by atoms with Gasteiger partial charge in [-0.25, -0.2) is 0 Å². The van der Waals surface area contributed by atoms with Crippen molar-refractivity contribution in [3.05, 3.63) is 48.4 Å². The van der Waals surface area contributed by atoms with E-state index in [1.165, 1.54) is 18.6 Å². The maximum atomic E-state index is 12.2. The van der Waals surface area contributed by atoms with Crippen LogP contribution in [0, 0.1) is 0 Å². The van der Waals surface area contributed by atoms with Crippen molar-refractivity contribution in [2.75, 3.05) is 17.2 Å². The second kappa shape index (κ2) is 5.26. The van der Waals surface area contributed by atoms with Gasteiger partial charge in [-0.1, -0.05) is 12.1 Å². The van der Waals surface area contributed by atoms with E-state index in [2.05, 4.69) is 0 Å². The fraction of sp³-hybridized carbons (Fsp3) is 0.0769. The molecule has 6 heteroatoms. The molecule has 0 aliphatic rings. The summed E-state index contributed by atoms with van der Waals surface area (Å²) in [6.45, 7) is -0.474. The van der Waals surface area contributed by atoms with Gasteiger partial charge in [0.25, 0.3) is 5.91 Å². The van der Waals surface area contributed by atoms with Crippen LogP contribution >= 0.6 is 0 Å². The molecule has 1 aromatic carbocycles. The quantitative estimate of drug-likeness (QED) is 0.814. The van der Waals surface area contributed by atoms with E-state index in [9.17, 15) is 9.59 Å². The third-order valence-electron chi connectivity index (χ3n) is 2.53. The number of carboxylic acid groups (broad SMARTS) is 1. The molecular weight excluding hydrogens is 248 g/mol. The molecule has 0 aliphatic carbocycles. The number of aliphatic carboxylic acids is 1. The Morgan fingerprint density at radius 1 is 1.26 bits per heavy atom. The summed E-state index contributed by atoms with van der Waals surface area (Å²) >= 11 is 0. The number of nitrogen functional groups attached to an aromatic ring is 1. The summed E-state index contributed by atoms with van der Waals surface area (Å²) in [4.78, 5) is 24.3. The van der Waals surface area contributed by atoms with Crippen molar-refractivity contribution in [2.24, 2.45) is 0 Å². The number of carbonyl (C=O) groups is 2. The van der Waals surface area contributed by atoms with E-state index in [0.29, 0.717) is 11.4 Å². The molecule has 0 aliphatic heterocycles. The summed E-state index contributed by atoms with van der Waals surface area (Å²) in [5.41, 5.74) is 6.74. The van der Waals surface area contributed by atoms with Crippen LogP contribution in [0.25, 0.3) is 0 Å². The molecule has 0 fully saturated rings. The smallest absolute Gasteiger partial charge is 0.323 e. The Morgan fingerprint density at radius 2 is 2.00 bits per heavy atom.